The molecule has 0 bridgehead atoms. The quantitative estimate of drug-likeness (QED) is 0.587. The van der Waals surface area contributed by atoms with Gasteiger partial charge >= 0.3 is 0 Å². The summed E-state index contributed by atoms with van der Waals surface area (Å²) < 4.78 is 42.5. The lowest BCUT2D eigenvalue weighted by molar-refractivity contribution is -0.118. The van der Waals surface area contributed by atoms with Gasteiger partial charge in [-0.2, -0.15) is 0 Å². The van der Waals surface area contributed by atoms with Crippen LogP contribution in [0.3, 0.4) is 0 Å². The molecular weight excluding hydrogens is 435 g/mol. The Balaban J connectivity index is 1.72. The van der Waals surface area contributed by atoms with E-state index >= 15 is 0 Å². The summed E-state index contributed by atoms with van der Waals surface area (Å²) >= 11 is 0. The van der Waals surface area contributed by atoms with Crippen LogP contribution in [-0.2, 0) is 14.6 Å². The number of carbonyl (C=O) groups excluding carboxylic acids is 2. The molecule has 32 heavy (non-hydrogen) atoms. The molecule has 0 radical (unpaired) electrons. The second kappa shape index (κ2) is 9.61. The lowest BCUT2D eigenvalue weighted by Crippen LogP contribution is -2.27. The van der Waals surface area contributed by atoms with E-state index in [0.717, 1.165) is 6.26 Å². The summed E-state index contributed by atoms with van der Waals surface area (Å²) in [6, 6.07) is 18.0. The van der Waals surface area contributed by atoms with Gasteiger partial charge in [0.05, 0.1) is 16.1 Å². The highest BCUT2D eigenvalue weighted by Gasteiger charge is 2.19. The summed E-state index contributed by atoms with van der Waals surface area (Å²) in [5, 5.41) is 2.41. The molecule has 0 aliphatic carbocycles. The maximum absolute atomic E-state index is 13.7. The third-order valence-electron chi connectivity index (χ3n) is 4.58. The molecule has 3 aromatic rings. The van der Waals surface area contributed by atoms with Crippen LogP contribution in [0.25, 0.3) is 0 Å². The molecule has 0 saturated carbocycles. The molecule has 2 amide bonds. The van der Waals surface area contributed by atoms with Gasteiger partial charge in [-0.25, -0.2) is 12.8 Å². The number of hydrogen-bond acceptors (Lipinski definition) is 5. The van der Waals surface area contributed by atoms with Gasteiger partial charge in [0.1, 0.15) is 11.6 Å². The monoisotopic (exact) mass is 456 g/mol. The Bertz CT molecular complexity index is 1240. The van der Waals surface area contributed by atoms with Crippen LogP contribution in [0.2, 0.25) is 0 Å². The molecule has 0 spiro atoms. The molecular formula is C23H21FN2O5S. The minimum Gasteiger partial charge on any atom is -0.483 e. The molecule has 0 fully saturated rings. The second-order valence-corrected chi connectivity index (χ2v) is 8.96. The van der Waals surface area contributed by atoms with Crippen LogP contribution < -0.4 is 15.0 Å². The molecule has 9 heteroatoms. The van der Waals surface area contributed by atoms with Crippen molar-refractivity contribution < 1.29 is 27.1 Å². The van der Waals surface area contributed by atoms with Crippen molar-refractivity contribution >= 4 is 33.0 Å². The molecule has 0 saturated heterocycles. The summed E-state index contributed by atoms with van der Waals surface area (Å²) in [6.45, 7) is -0.425. The van der Waals surface area contributed by atoms with Crippen LogP contribution >= 0.6 is 0 Å². The van der Waals surface area contributed by atoms with Crippen LogP contribution in [0, 0.1) is 5.82 Å². The molecule has 0 aliphatic rings. The highest BCUT2D eigenvalue weighted by Crippen LogP contribution is 2.24. The summed E-state index contributed by atoms with van der Waals surface area (Å²) in [6.07, 6.45) is 1.10. The Morgan fingerprint density at radius 1 is 0.969 bits per heavy atom. The zero-order valence-corrected chi connectivity index (χ0v) is 18.2. The average molecular weight is 456 g/mol. The Labute approximate surface area is 185 Å². The highest BCUT2D eigenvalue weighted by molar-refractivity contribution is 7.90. The van der Waals surface area contributed by atoms with Crippen molar-refractivity contribution in [1.29, 1.82) is 0 Å². The van der Waals surface area contributed by atoms with E-state index in [1.54, 1.807) is 37.4 Å². The summed E-state index contributed by atoms with van der Waals surface area (Å²) in [4.78, 5) is 26.6. The maximum Gasteiger partial charge on any atom is 0.262 e. The van der Waals surface area contributed by atoms with Gasteiger partial charge in [0, 0.05) is 19.0 Å². The van der Waals surface area contributed by atoms with Gasteiger partial charge in [0.25, 0.3) is 11.8 Å². The molecule has 0 heterocycles. The van der Waals surface area contributed by atoms with Gasteiger partial charge < -0.3 is 15.0 Å². The number of nitrogens with one attached hydrogen (secondary N) is 1. The predicted molar refractivity (Wildman–Crippen MR) is 119 cm³/mol. The number of carbonyl (C=O) groups is 2. The lowest BCUT2D eigenvalue weighted by atomic mass is 10.1. The molecule has 1 N–H and O–H groups in total. The maximum atomic E-state index is 13.7. The van der Waals surface area contributed by atoms with E-state index < -0.39 is 34.1 Å². The Kier molecular flexibility index (Phi) is 6.89. The third-order valence-corrected chi connectivity index (χ3v) is 5.71. The molecule has 0 aromatic heterocycles. The second-order valence-electron chi connectivity index (χ2n) is 6.94. The highest BCUT2D eigenvalue weighted by atomic mass is 32.2. The van der Waals surface area contributed by atoms with Crippen LogP contribution in [0.5, 0.6) is 5.75 Å². The number of anilines is 2. The van der Waals surface area contributed by atoms with Crippen molar-refractivity contribution in [3.8, 4) is 5.75 Å². The zero-order valence-electron chi connectivity index (χ0n) is 17.4. The minimum atomic E-state index is -3.35. The number of para-hydroxylation sites is 2. The predicted octanol–water partition coefficient (Wildman–Crippen LogP) is 3.52. The molecule has 0 aliphatic heterocycles. The first-order chi connectivity index (χ1) is 15.2. The van der Waals surface area contributed by atoms with Gasteiger partial charge in [0.15, 0.2) is 16.4 Å². The average Bonchev–Trinajstić information content (AvgIpc) is 2.78. The van der Waals surface area contributed by atoms with Crippen LogP contribution in [0.4, 0.5) is 15.8 Å². The summed E-state index contributed by atoms with van der Waals surface area (Å²) in [5.74, 6) is -1.38. The van der Waals surface area contributed by atoms with Gasteiger partial charge in [-0.15, -0.1) is 0 Å². The number of amides is 2. The van der Waals surface area contributed by atoms with Crippen molar-refractivity contribution in [2.45, 2.75) is 4.90 Å². The number of sulfone groups is 1. The first-order valence-electron chi connectivity index (χ1n) is 9.51. The Morgan fingerprint density at radius 3 is 2.25 bits per heavy atom. The van der Waals surface area contributed by atoms with Gasteiger partial charge in [-0.3, -0.25) is 9.59 Å². The zero-order chi connectivity index (χ0) is 23.3. The van der Waals surface area contributed by atoms with E-state index in [2.05, 4.69) is 5.32 Å². The lowest BCUT2D eigenvalue weighted by Gasteiger charge is -2.19. The third kappa shape index (κ3) is 5.50. The van der Waals surface area contributed by atoms with E-state index in [0.29, 0.717) is 5.69 Å². The van der Waals surface area contributed by atoms with E-state index in [9.17, 15) is 22.4 Å². The van der Waals surface area contributed by atoms with Gasteiger partial charge in [-0.05, 0) is 48.5 Å². The first kappa shape index (κ1) is 23.0. The van der Waals surface area contributed by atoms with Crippen molar-refractivity contribution in [2.75, 3.05) is 30.1 Å². The van der Waals surface area contributed by atoms with Crippen molar-refractivity contribution in [1.82, 2.24) is 0 Å². The van der Waals surface area contributed by atoms with E-state index in [-0.39, 0.29) is 21.9 Å². The molecule has 3 aromatic carbocycles. The smallest absolute Gasteiger partial charge is 0.262 e. The van der Waals surface area contributed by atoms with Crippen molar-refractivity contribution in [2.24, 2.45) is 0 Å². The standard InChI is InChI=1S/C23H21FN2O5S/c1-26(16-11-13-17(14-12-16)32(2,29)30)23(28)18-7-3-6-10-21(18)31-15-22(27)25-20-9-5-4-8-19(20)24/h3-14H,15H2,1-2H3,(H,25,27). The largest absolute Gasteiger partial charge is 0.483 e. The SMILES string of the molecule is CN(C(=O)c1ccccc1OCC(=O)Nc1ccccc1F)c1ccc(S(C)(=O)=O)cc1. The van der Waals surface area contributed by atoms with Crippen LogP contribution in [0.15, 0.2) is 77.7 Å². The number of ether oxygens (including phenoxy) is 1. The number of nitrogens with zero attached hydrogens (tertiary/aromatic N) is 1. The fourth-order valence-corrected chi connectivity index (χ4v) is 3.51. The molecule has 7 nitrogen and oxygen atoms in total. The fourth-order valence-electron chi connectivity index (χ4n) is 2.88. The summed E-state index contributed by atoms with van der Waals surface area (Å²) in [7, 11) is -1.81. The normalized spacial score (nSPS) is 11.0. The van der Waals surface area contributed by atoms with Crippen molar-refractivity contribution in [3.05, 3.63) is 84.2 Å². The molecule has 3 rings (SSSR count). The fraction of sp³-hybridized carbons (Fsp3) is 0.130. The van der Waals surface area contributed by atoms with E-state index in [1.165, 1.54) is 47.4 Å². The van der Waals surface area contributed by atoms with E-state index in [1.807, 2.05) is 0 Å². The Morgan fingerprint density at radius 2 is 1.59 bits per heavy atom. The molecule has 166 valence electrons. The summed E-state index contributed by atoms with van der Waals surface area (Å²) in [5.41, 5.74) is 0.720. The van der Waals surface area contributed by atoms with Gasteiger partial charge in [0.2, 0.25) is 0 Å². The van der Waals surface area contributed by atoms with Crippen LogP contribution in [0.1, 0.15) is 10.4 Å². The number of benzene rings is 3. The number of rotatable bonds is 7. The topological polar surface area (TPSA) is 92.8 Å². The number of halogens is 1. The molecule has 0 unspecified atom stereocenters. The van der Waals surface area contributed by atoms with Crippen molar-refractivity contribution in [3.63, 3.8) is 0 Å². The van der Waals surface area contributed by atoms with Crippen LogP contribution in [-0.4, -0.2) is 40.1 Å². The Hall–Kier alpha value is -3.72. The molecule has 0 atom stereocenters. The minimum absolute atomic E-state index is 0.0303. The number of hydrogen-bond donors (Lipinski definition) is 1. The van der Waals surface area contributed by atoms with E-state index in [4.69, 9.17) is 4.74 Å². The first-order valence-corrected chi connectivity index (χ1v) is 11.4. The van der Waals surface area contributed by atoms with Gasteiger partial charge in [-0.1, -0.05) is 24.3 Å².